The minimum Gasteiger partial charge on any atom is -0.494 e. The minimum atomic E-state index is -0.983. The van der Waals surface area contributed by atoms with Crippen LogP contribution in [0.3, 0.4) is 0 Å². The van der Waals surface area contributed by atoms with Gasteiger partial charge in [0.25, 0.3) is 5.91 Å². The molecule has 0 saturated heterocycles. The van der Waals surface area contributed by atoms with Gasteiger partial charge in [0, 0.05) is 25.0 Å². The van der Waals surface area contributed by atoms with Gasteiger partial charge in [-0.15, -0.1) is 0 Å². The van der Waals surface area contributed by atoms with Crippen LogP contribution in [0.15, 0.2) is 42.5 Å². The average molecular weight is 450 g/mol. The number of aliphatic hydroxyl groups is 1. The molecule has 6 nitrogen and oxygen atoms in total. The van der Waals surface area contributed by atoms with Crippen LogP contribution in [0.2, 0.25) is 10.0 Å². The standard InChI is InChI=1S/C22H21Cl2NO5/c1-29-22(28)19(25-21(27)20-17(23)6-3-7-18(20)24)8-2-5-15-9-11-16(12-10-15)30-14-4-13-26/h3,6-7,9-12,19,26H,4,8,13-14H2,1H3,(H,25,27). The number of rotatable bonds is 8. The van der Waals surface area contributed by atoms with E-state index in [-0.39, 0.29) is 28.6 Å². The molecule has 2 aromatic carbocycles. The molecule has 8 heteroatoms. The second-order valence-corrected chi connectivity index (χ2v) is 6.92. The highest BCUT2D eigenvalue weighted by Gasteiger charge is 2.23. The van der Waals surface area contributed by atoms with Crippen LogP contribution >= 0.6 is 23.2 Å². The normalized spacial score (nSPS) is 11.1. The molecule has 0 aromatic heterocycles. The Morgan fingerprint density at radius 2 is 1.80 bits per heavy atom. The lowest BCUT2D eigenvalue weighted by molar-refractivity contribution is -0.142. The van der Waals surface area contributed by atoms with Crippen molar-refractivity contribution in [2.45, 2.75) is 18.9 Å². The van der Waals surface area contributed by atoms with Gasteiger partial charge in [0.15, 0.2) is 0 Å². The van der Waals surface area contributed by atoms with E-state index < -0.39 is 17.9 Å². The number of nitrogens with one attached hydrogen (secondary N) is 1. The van der Waals surface area contributed by atoms with Crippen molar-refractivity contribution in [2.75, 3.05) is 20.3 Å². The van der Waals surface area contributed by atoms with Crippen molar-refractivity contribution in [1.82, 2.24) is 5.32 Å². The van der Waals surface area contributed by atoms with E-state index in [0.29, 0.717) is 24.3 Å². The summed E-state index contributed by atoms with van der Waals surface area (Å²) in [6.07, 6.45) is 0.594. The second-order valence-electron chi connectivity index (χ2n) is 6.10. The van der Waals surface area contributed by atoms with Gasteiger partial charge in [0.1, 0.15) is 11.8 Å². The third-order valence-electron chi connectivity index (χ3n) is 3.95. The number of halogens is 2. The van der Waals surface area contributed by atoms with Crippen LogP contribution in [0.5, 0.6) is 5.75 Å². The number of hydrogen-bond donors (Lipinski definition) is 2. The summed E-state index contributed by atoms with van der Waals surface area (Å²) in [7, 11) is 1.23. The molecule has 2 rings (SSSR count). The largest absolute Gasteiger partial charge is 0.494 e. The van der Waals surface area contributed by atoms with E-state index in [2.05, 4.69) is 17.2 Å². The first-order valence-electron chi connectivity index (χ1n) is 9.11. The first-order chi connectivity index (χ1) is 14.5. The Morgan fingerprint density at radius 3 is 2.40 bits per heavy atom. The van der Waals surface area contributed by atoms with Gasteiger partial charge in [-0.05, 0) is 36.4 Å². The molecule has 158 valence electrons. The van der Waals surface area contributed by atoms with E-state index in [9.17, 15) is 9.59 Å². The summed E-state index contributed by atoms with van der Waals surface area (Å²) in [6, 6.07) is 10.8. The maximum absolute atomic E-state index is 12.5. The van der Waals surface area contributed by atoms with E-state index >= 15 is 0 Å². The molecule has 0 spiro atoms. The molecule has 0 aliphatic carbocycles. The van der Waals surface area contributed by atoms with E-state index in [1.165, 1.54) is 19.2 Å². The van der Waals surface area contributed by atoms with Crippen molar-refractivity contribution in [2.24, 2.45) is 0 Å². The lowest BCUT2D eigenvalue weighted by Gasteiger charge is -2.15. The third-order valence-corrected chi connectivity index (χ3v) is 4.58. The molecule has 0 radical (unpaired) electrons. The highest BCUT2D eigenvalue weighted by atomic mass is 35.5. The van der Waals surface area contributed by atoms with E-state index in [1.807, 2.05) is 0 Å². The fourth-order valence-corrected chi connectivity index (χ4v) is 2.99. The second kappa shape index (κ2) is 12.1. The van der Waals surface area contributed by atoms with Crippen molar-refractivity contribution in [3.8, 4) is 17.6 Å². The lowest BCUT2D eigenvalue weighted by atomic mass is 10.1. The quantitative estimate of drug-likeness (QED) is 0.366. The molecule has 2 N–H and O–H groups in total. The van der Waals surface area contributed by atoms with Crippen LogP contribution < -0.4 is 10.1 Å². The molecule has 1 atom stereocenters. The SMILES string of the molecule is COC(=O)C(CC#Cc1ccc(OCCCO)cc1)NC(=O)c1c(Cl)cccc1Cl. The summed E-state index contributed by atoms with van der Waals surface area (Å²) in [5.74, 6) is 5.25. The number of ether oxygens (including phenoxy) is 2. The highest BCUT2D eigenvalue weighted by Crippen LogP contribution is 2.24. The number of carbonyl (C=O) groups excluding carboxylic acids is 2. The number of benzene rings is 2. The van der Waals surface area contributed by atoms with Crippen LogP contribution in [-0.4, -0.2) is 43.3 Å². The Morgan fingerprint density at radius 1 is 1.13 bits per heavy atom. The molecule has 0 fully saturated rings. The van der Waals surface area contributed by atoms with Crippen LogP contribution in [0.4, 0.5) is 0 Å². The van der Waals surface area contributed by atoms with Crippen LogP contribution in [0.25, 0.3) is 0 Å². The Hall–Kier alpha value is -2.72. The smallest absolute Gasteiger partial charge is 0.329 e. The Kier molecular flexibility index (Phi) is 9.49. The van der Waals surface area contributed by atoms with Gasteiger partial charge >= 0.3 is 5.97 Å². The minimum absolute atomic E-state index is 0.0369. The summed E-state index contributed by atoms with van der Waals surface area (Å²) >= 11 is 12.1. The van der Waals surface area contributed by atoms with Crippen molar-refractivity contribution < 1.29 is 24.2 Å². The number of carbonyl (C=O) groups is 2. The van der Waals surface area contributed by atoms with Crippen LogP contribution in [-0.2, 0) is 9.53 Å². The van der Waals surface area contributed by atoms with Crippen molar-refractivity contribution in [3.63, 3.8) is 0 Å². The molecule has 0 bridgehead atoms. The van der Waals surface area contributed by atoms with Gasteiger partial charge in [-0.1, -0.05) is 41.1 Å². The zero-order chi connectivity index (χ0) is 21.9. The molecule has 0 aliphatic rings. The van der Waals surface area contributed by atoms with Gasteiger partial charge < -0.3 is 19.9 Å². The fraction of sp³-hybridized carbons (Fsp3) is 0.273. The van der Waals surface area contributed by atoms with Gasteiger partial charge in [-0.25, -0.2) is 4.79 Å². The van der Waals surface area contributed by atoms with E-state index in [4.69, 9.17) is 37.8 Å². The zero-order valence-corrected chi connectivity index (χ0v) is 17.8. The Balaban J connectivity index is 2.04. The Bertz CT molecular complexity index is 915. The molecule has 0 heterocycles. The Labute approximate surface area is 185 Å². The van der Waals surface area contributed by atoms with Gasteiger partial charge in [-0.2, -0.15) is 0 Å². The molecule has 1 unspecified atom stereocenters. The maximum Gasteiger partial charge on any atom is 0.329 e. The molecule has 0 aliphatic heterocycles. The van der Waals surface area contributed by atoms with Gasteiger partial charge in [0.2, 0.25) is 0 Å². The summed E-state index contributed by atoms with van der Waals surface area (Å²) in [4.78, 5) is 24.6. The number of amides is 1. The number of aliphatic hydroxyl groups excluding tert-OH is 1. The zero-order valence-electron chi connectivity index (χ0n) is 16.3. The third kappa shape index (κ3) is 6.96. The van der Waals surface area contributed by atoms with Gasteiger partial charge in [-0.3, -0.25) is 4.79 Å². The van der Waals surface area contributed by atoms with Gasteiger partial charge in [0.05, 0.1) is 29.3 Å². The predicted molar refractivity (Wildman–Crippen MR) is 115 cm³/mol. The number of methoxy groups -OCH3 is 1. The van der Waals surface area contributed by atoms with Crippen molar-refractivity contribution in [1.29, 1.82) is 0 Å². The number of hydrogen-bond acceptors (Lipinski definition) is 5. The first-order valence-corrected chi connectivity index (χ1v) is 9.87. The van der Waals surface area contributed by atoms with Crippen LogP contribution in [0.1, 0.15) is 28.8 Å². The summed E-state index contributed by atoms with van der Waals surface area (Å²) in [5.41, 5.74) is 0.799. The average Bonchev–Trinajstić information content (AvgIpc) is 2.73. The molecule has 1 amide bonds. The summed E-state index contributed by atoms with van der Waals surface area (Å²) in [5, 5.41) is 11.7. The molecule has 2 aromatic rings. The summed E-state index contributed by atoms with van der Waals surface area (Å²) < 4.78 is 10.2. The molecular weight excluding hydrogens is 429 g/mol. The number of esters is 1. The fourth-order valence-electron chi connectivity index (χ4n) is 2.42. The lowest BCUT2D eigenvalue weighted by Crippen LogP contribution is -2.41. The van der Waals surface area contributed by atoms with E-state index in [1.54, 1.807) is 30.3 Å². The first kappa shape index (κ1) is 23.6. The molecule has 30 heavy (non-hydrogen) atoms. The highest BCUT2D eigenvalue weighted by molar-refractivity contribution is 6.39. The molecule has 0 saturated carbocycles. The monoisotopic (exact) mass is 449 g/mol. The predicted octanol–water partition coefficient (Wildman–Crippen LogP) is 3.47. The summed E-state index contributed by atoms with van der Waals surface area (Å²) in [6.45, 7) is 0.502. The topological polar surface area (TPSA) is 84.9 Å². The van der Waals surface area contributed by atoms with Crippen LogP contribution in [0, 0.1) is 11.8 Å². The van der Waals surface area contributed by atoms with E-state index in [0.717, 1.165) is 0 Å². The molecular formula is C22H21Cl2NO5. The van der Waals surface area contributed by atoms with Crippen molar-refractivity contribution in [3.05, 3.63) is 63.6 Å². The van der Waals surface area contributed by atoms with Crippen molar-refractivity contribution >= 4 is 35.1 Å². The maximum atomic E-state index is 12.5.